The Labute approximate surface area is 164 Å². The fourth-order valence-electron chi connectivity index (χ4n) is 2.55. The van der Waals surface area contributed by atoms with Crippen LogP contribution in [0.5, 0.6) is 5.75 Å². The van der Waals surface area contributed by atoms with Crippen LogP contribution in [0.2, 0.25) is 5.02 Å². The topological polar surface area (TPSA) is 41.6 Å². The van der Waals surface area contributed by atoms with Crippen LogP contribution >= 0.6 is 23.4 Å². The van der Waals surface area contributed by atoms with Crippen molar-refractivity contribution < 1.29 is 9.53 Å². The number of rotatable bonds is 9. The molecule has 2 aromatic rings. The van der Waals surface area contributed by atoms with Gasteiger partial charge in [-0.15, -0.1) is 11.8 Å². The third-order valence-corrected chi connectivity index (χ3v) is 5.27. The van der Waals surface area contributed by atoms with Gasteiger partial charge in [0.1, 0.15) is 5.75 Å². The Bertz CT molecular complexity index is 707. The SMILES string of the molecule is COc1cccc(C(CNC(=O)CSCc2ccc(Cl)cc2)N(C)C)c1. The third-order valence-electron chi connectivity index (χ3n) is 4.01. The first-order valence-corrected chi connectivity index (χ1v) is 9.92. The van der Waals surface area contributed by atoms with Crippen LogP contribution in [0.15, 0.2) is 48.5 Å². The standard InChI is InChI=1S/C20H25ClN2O2S/c1-23(2)19(16-5-4-6-18(11-16)25-3)12-22-20(24)14-26-13-15-7-9-17(21)10-8-15/h4-11,19H,12-14H2,1-3H3,(H,22,24). The van der Waals surface area contributed by atoms with Crippen LogP contribution in [0.3, 0.4) is 0 Å². The van der Waals surface area contributed by atoms with Gasteiger partial charge in [0.05, 0.1) is 18.9 Å². The number of nitrogens with zero attached hydrogens (tertiary/aromatic N) is 1. The Kier molecular flexibility index (Phi) is 8.29. The molecular weight excluding hydrogens is 368 g/mol. The highest BCUT2D eigenvalue weighted by Crippen LogP contribution is 2.22. The molecule has 0 saturated heterocycles. The second-order valence-electron chi connectivity index (χ2n) is 6.18. The predicted octanol–water partition coefficient (Wildman–Crippen LogP) is 4.00. The molecule has 0 heterocycles. The Morgan fingerprint density at radius 1 is 1.23 bits per heavy atom. The van der Waals surface area contributed by atoms with Crippen LogP contribution in [0, 0.1) is 0 Å². The van der Waals surface area contributed by atoms with E-state index >= 15 is 0 Å². The van der Waals surface area contributed by atoms with Gasteiger partial charge in [-0.25, -0.2) is 0 Å². The van der Waals surface area contributed by atoms with Crippen molar-refractivity contribution in [3.63, 3.8) is 0 Å². The summed E-state index contributed by atoms with van der Waals surface area (Å²) in [5.74, 6) is 2.08. The number of amides is 1. The summed E-state index contributed by atoms with van der Waals surface area (Å²) in [7, 11) is 5.67. The van der Waals surface area contributed by atoms with Gasteiger partial charge in [0.2, 0.25) is 5.91 Å². The van der Waals surface area contributed by atoms with E-state index in [-0.39, 0.29) is 11.9 Å². The molecule has 0 aromatic heterocycles. The number of nitrogens with one attached hydrogen (secondary N) is 1. The number of hydrogen-bond donors (Lipinski definition) is 1. The maximum Gasteiger partial charge on any atom is 0.230 e. The van der Waals surface area contributed by atoms with Crippen molar-refractivity contribution >= 4 is 29.3 Å². The van der Waals surface area contributed by atoms with Gasteiger partial charge in [-0.3, -0.25) is 4.79 Å². The predicted molar refractivity (Wildman–Crippen MR) is 110 cm³/mol. The Hall–Kier alpha value is -1.69. The van der Waals surface area contributed by atoms with Crippen LogP contribution < -0.4 is 10.1 Å². The number of thioether (sulfide) groups is 1. The summed E-state index contributed by atoms with van der Waals surface area (Å²) >= 11 is 7.47. The summed E-state index contributed by atoms with van der Waals surface area (Å²) in [5, 5.41) is 3.76. The number of ether oxygens (including phenoxy) is 1. The molecule has 1 unspecified atom stereocenters. The van der Waals surface area contributed by atoms with Gasteiger partial charge in [0.15, 0.2) is 0 Å². The van der Waals surface area contributed by atoms with Crippen molar-refractivity contribution in [1.29, 1.82) is 0 Å². The molecule has 2 rings (SSSR count). The lowest BCUT2D eigenvalue weighted by Gasteiger charge is -2.25. The molecule has 0 radical (unpaired) electrons. The van der Waals surface area contributed by atoms with Gasteiger partial charge in [0, 0.05) is 17.3 Å². The quantitative estimate of drug-likeness (QED) is 0.700. The Morgan fingerprint density at radius 3 is 2.62 bits per heavy atom. The molecular formula is C20H25ClN2O2S. The molecule has 140 valence electrons. The molecule has 1 atom stereocenters. The largest absolute Gasteiger partial charge is 0.497 e. The summed E-state index contributed by atoms with van der Waals surface area (Å²) in [4.78, 5) is 14.3. The molecule has 0 aliphatic heterocycles. The van der Waals surface area contributed by atoms with Crippen molar-refractivity contribution in [2.45, 2.75) is 11.8 Å². The number of likely N-dealkylation sites (N-methyl/N-ethyl adjacent to an activating group) is 1. The van der Waals surface area contributed by atoms with Gasteiger partial charge in [0.25, 0.3) is 0 Å². The summed E-state index contributed by atoms with van der Waals surface area (Å²) in [6.45, 7) is 0.556. The summed E-state index contributed by atoms with van der Waals surface area (Å²) in [5.41, 5.74) is 2.28. The van der Waals surface area contributed by atoms with Crippen LogP contribution in [0.4, 0.5) is 0 Å². The molecule has 1 N–H and O–H groups in total. The average molecular weight is 393 g/mol. The normalized spacial score (nSPS) is 12.0. The number of benzene rings is 2. The molecule has 4 nitrogen and oxygen atoms in total. The lowest BCUT2D eigenvalue weighted by molar-refractivity contribution is -0.118. The van der Waals surface area contributed by atoms with E-state index in [1.54, 1.807) is 18.9 Å². The fourth-order valence-corrected chi connectivity index (χ4v) is 3.49. The van der Waals surface area contributed by atoms with Crippen molar-refractivity contribution in [3.05, 3.63) is 64.7 Å². The lowest BCUT2D eigenvalue weighted by atomic mass is 10.1. The van der Waals surface area contributed by atoms with E-state index in [1.165, 1.54) is 0 Å². The number of carbonyl (C=O) groups is 1. The maximum atomic E-state index is 12.2. The smallest absolute Gasteiger partial charge is 0.230 e. The minimum atomic E-state index is 0.0405. The summed E-state index contributed by atoms with van der Waals surface area (Å²) < 4.78 is 5.30. The summed E-state index contributed by atoms with van der Waals surface area (Å²) in [6.07, 6.45) is 0. The van der Waals surface area contributed by atoms with E-state index in [9.17, 15) is 4.79 Å². The van der Waals surface area contributed by atoms with Gasteiger partial charge in [-0.2, -0.15) is 0 Å². The van der Waals surface area contributed by atoms with Gasteiger partial charge < -0.3 is 15.0 Å². The highest BCUT2D eigenvalue weighted by Gasteiger charge is 2.16. The van der Waals surface area contributed by atoms with Crippen LogP contribution in [-0.4, -0.2) is 44.3 Å². The van der Waals surface area contributed by atoms with E-state index in [1.807, 2.05) is 56.6 Å². The van der Waals surface area contributed by atoms with Gasteiger partial charge >= 0.3 is 0 Å². The molecule has 0 bridgehead atoms. The zero-order chi connectivity index (χ0) is 18.9. The number of carbonyl (C=O) groups excluding carboxylic acids is 1. The van der Waals surface area contributed by atoms with Crippen LogP contribution in [0.25, 0.3) is 0 Å². The molecule has 26 heavy (non-hydrogen) atoms. The number of halogens is 1. The van der Waals surface area contributed by atoms with E-state index < -0.39 is 0 Å². The van der Waals surface area contributed by atoms with Crippen molar-refractivity contribution in [3.8, 4) is 5.75 Å². The number of methoxy groups -OCH3 is 1. The monoisotopic (exact) mass is 392 g/mol. The molecule has 2 aromatic carbocycles. The Balaban J connectivity index is 1.82. The minimum Gasteiger partial charge on any atom is -0.497 e. The molecule has 0 aliphatic rings. The molecule has 6 heteroatoms. The van der Waals surface area contributed by atoms with E-state index in [0.29, 0.717) is 12.3 Å². The minimum absolute atomic E-state index is 0.0405. The first kappa shape index (κ1) is 20.6. The zero-order valence-corrected chi connectivity index (χ0v) is 16.9. The van der Waals surface area contributed by atoms with Gasteiger partial charge in [-0.1, -0.05) is 35.9 Å². The van der Waals surface area contributed by atoms with Gasteiger partial charge in [-0.05, 0) is 49.5 Å². The second-order valence-corrected chi connectivity index (χ2v) is 7.60. The van der Waals surface area contributed by atoms with Crippen molar-refractivity contribution in [2.75, 3.05) is 33.5 Å². The first-order chi connectivity index (χ1) is 12.5. The molecule has 0 saturated carbocycles. The third kappa shape index (κ3) is 6.56. The van der Waals surface area contributed by atoms with Crippen LogP contribution in [0.1, 0.15) is 17.2 Å². The highest BCUT2D eigenvalue weighted by atomic mass is 35.5. The molecule has 0 fully saturated rings. The number of hydrogen-bond acceptors (Lipinski definition) is 4. The molecule has 0 spiro atoms. The van der Waals surface area contributed by atoms with Crippen molar-refractivity contribution in [2.24, 2.45) is 0 Å². The summed E-state index contributed by atoms with van der Waals surface area (Å²) in [6, 6.07) is 15.7. The maximum absolute atomic E-state index is 12.2. The van der Waals surface area contributed by atoms with Crippen molar-refractivity contribution in [1.82, 2.24) is 10.2 Å². The zero-order valence-electron chi connectivity index (χ0n) is 15.4. The average Bonchev–Trinajstić information content (AvgIpc) is 2.63. The van der Waals surface area contributed by atoms with E-state index in [0.717, 1.165) is 27.7 Å². The fraction of sp³-hybridized carbons (Fsp3) is 0.350. The van der Waals surface area contributed by atoms with Crippen LogP contribution in [-0.2, 0) is 10.5 Å². The highest BCUT2D eigenvalue weighted by molar-refractivity contribution is 7.99. The molecule has 0 aliphatic carbocycles. The van der Waals surface area contributed by atoms with E-state index in [4.69, 9.17) is 16.3 Å². The Morgan fingerprint density at radius 2 is 1.96 bits per heavy atom. The molecule has 1 amide bonds. The van der Waals surface area contributed by atoms with E-state index in [2.05, 4.69) is 16.3 Å². The first-order valence-electron chi connectivity index (χ1n) is 8.39. The second kappa shape index (κ2) is 10.5. The lowest BCUT2D eigenvalue weighted by Crippen LogP contribution is -2.35.